The fourth-order valence-electron chi connectivity index (χ4n) is 3.12. The van der Waals surface area contributed by atoms with E-state index in [2.05, 4.69) is 34.9 Å². The van der Waals surface area contributed by atoms with Crippen molar-refractivity contribution in [1.29, 1.82) is 0 Å². The van der Waals surface area contributed by atoms with Gasteiger partial charge in [-0.3, -0.25) is 0 Å². The SMILES string of the molecule is Cc1ccc(Cl)cc1NC(=O)NCCC(c1ccccc1)c1ccccc1. The Bertz CT molecular complexity index is 842. The van der Waals surface area contributed by atoms with Crippen molar-refractivity contribution in [2.45, 2.75) is 19.3 Å². The molecule has 0 aliphatic heterocycles. The third-order valence-corrected chi connectivity index (χ3v) is 4.81. The Balaban J connectivity index is 1.62. The summed E-state index contributed by atoms with van der Waals surface area (Å²) in [5, 5.41) is 6.43. The molecular weight excluding hydrogens is 356 g/mol. The van der Waals surface area contributed by atoms with Gasteiger partial charge in [0.05, 0.1) is 0 Å². The Labute approximate surface area is 165 Å². The second-order valence-electron chi connectivity index (χ2n) is 6.50. The minimum absolute atomic E-state index is 0.222. The van der Waals surface area contributed by atoms with Crippen LogP contribution < -0.4 is 10.6 Å². The summed E-state index contributed by atoms with van der Waals surface area (Å²) < 4.78 is 0. The van der Waals surface area contributed by atoms with E-state index in [0.717, 1.165) is 17.7 Å². The van der Waals surface area contributed by atoms with Crippen LogP contribution in [0, 0.1) is 6.92 Å². The highest BCUT2D eigenvalue weighted by Crippen LogP contribution is 2.27. The van der Waals surface area contributed by atoms with Crippen LogP contribution in [0.25, 0.3) is 0 Å². The highest BCUT2D eigenvalue weighted by atomic mass is 35.5. The van der Waals surface area contributed by atoms with E-state index in [0.29, 0.717) is 11.6 Å². The highest BCUT2D eigenvalue weighted by Gasteiger charge is 2.14. The van der Waals surface area contributed by atoms with Crippen LogP contribution in [0.3, 0.4) is 0 Å². The van der Waals surface area contributed by atoms with Crippen molar-refractivity contribution in [3.63, 3.8) is 0 Å². The van der Waals surface area contributed by atoms with Crippen molar-refractivity contribution < 1.29 is 4.79 Å². The molecule has 0 aliphatic carbocycles. The van der Waals surface area contributed by atoms with Gasteiger partial charge in [-0.2, -0.15) is 0 Å². The average Bonchev–Trinajstić information content (AvgIpc) is 2.69. The Morgan fingerprint density at radius 1 is 0.926 bits per heavy atom. The van der Waals surface area contributed by atoms with Crippen LogP contribution in [-0.2, 0) is 0 Å². The number of nitrogens with one attached hydrogen (secondary N) is 2. The molecule has 0 radical (unpaired) electrons. The number of rotatable bonds is 6. The van der Waals surface area contributed by atoms with Crippen molar-refractivity contribution >= 4 is 23.3 Å². The molecule has 0 spiro atoms. The molecule has 2 N–H and O–H groups in total. The van der Waals surface area contributed by atoms with Gasteiger partial charge in [-0.05, 0) is 42.2 Å². The fraction of sp³-hybridized carbons (Fsp3) is 0.174. The summed E-state index contributed by atoms with van der Waals surface area (Å²) in [6.45, 7) is 2.51. The van der Waals surface area contributed by atoms with Crippen molar-refractivity contribution in [2.75, 3.05) is 11.9 Å². The molecule has 0 aromatic heterocycles. The van der Waals surface area contributed by atoms with E-state index in [9.17, 15) is 4.79 Å². The zero-order valence-electron chi connectivity index (χ0n) is 15.3. The lowest BCUT2D eigenvalue weighted by atomic mass is 9.88. The molecule has 0 fully saturated rings. The van der Waals surface area contributed by atoms with E-state index in [1.807, 2.05) is 55.5 Å². The molecule has 0 saturated heterocycles. The second-order valence-corrected chi connectivity index (χ2v) is 6.94. The van der Waals surface area contributed by atoms with Gasteiger partial charge in [0.15, 0.2) is 0 Å². The Kier molecular flexibility index (Phi) is 6.50. The monoisotopic (exact) mass is 378 g/mol. The van der Waals surface area contributed by atoms with Crippen LogP contribution in [0.4, 0.5) is 10.5 Å². The third-order valence-electron chi connectivity index (χ3n) is 4.57. The number of anilines is 1. The van der Waals surface area contributed by atoms with Gasteiger partial charge in [0.1, 0.15) is 0 Å². The first-order chi connectivity index (χ1) is 13.1. The van der Waals surface area contributed by atoms with Gasteiger partial charge in [-0.15, -0.1) is 0 Å². The highest BCUT2D eigenvalue weighted by molar-refractivity contribution is 6.31. The standard InChI is InChI=1S/C23H23ClN2O/c1-17-12-13-20(24)16-22(17)26-23(27)25-15-14-21(18-8-4-2-5-9-18)19-10-6-3-7-11-19/h2-13,16,21H,14-15H2,1H3,(H2,25,26,27). The van der Waals surface area contributed by atoms with Gasteiger partial charge in [-0.1, -0.05) is 78.3 Å². The maximum atomic E-state index is 12.3. The third kappa shape index (κ3) is 5.35. The van der Waals surface area contributed by atoms with E-state index >= 15 is 0 Å². The summed E-state index contributed by atoms with van der Waals surface area (Å²) in [5.74, 6) is 0.237. The molecule has 0 bridgehead atoms. The van der Waals surface area contributed by atoms with Gasteiger partial charge in [0.2, 0.25) is 0 Å². The van der Waals surface area contributed by atoms with E-state index in [1.54, 1.807) is 6.07 Å². The molecule has 0 aliphatic rings. The van der Waals surface area contributed by atoms with E-state index in [1.165, 1.54) is 11.1 Å². The summed E-state index contributed by atoms with van der Waals surface area (Å²) in [6.07, 6.45) is 0.815. The van der Waals surface area contributed by atoms with Gasteiger partial charge in [0.25, 0.3) is 0 Å². The van der Waals surface area contributed by atoms with Crippen LogP contribution in [0.5, 0.6) is 0 Å². The summed E-state index contributed by atoms with van der Waals surface area (Å²) >= 11 is 6.01. The van der Waals surface area contributed by atoms with E-state index in [-0.39, 0.29) is 11.9 Å². The normalized spacial score (nSPS) is 10.6. The summed E-state index contributed by atoms with van der Waals surface area (Å²) in [7, 11) is 0. The quantitative estimate of drug-likeness (QED) is 0.543. The minimum atomic E-state index is -0.222. The Morgan fingerprint density at radius 2 is 1.52 bits per heavy atom. The van der Waals surface area contributed by atoms with Crippen molar-refractivity contribution in [1.82, 2.24) is 5.32 Å². The molecule has 3 aromatic carbocycles. The van der Waals surface area contributed by atoms with E-state index < -0.39 is 0 Å². The number of aryl methyl sites for hydroxylation is 1. The smallest absolute Gasteiger partial charge is 0.319 e. The number of carbonyl (C=O) groups excluding carboxylic acids is 1. The number of halogens is 1. The Hall–Kier alpha value is -2.78. The molecule has 4 heteroatoms. The predicted molar refractivity (Wildman–Crippen MR) is 113 cm³/mol. The second kappa shape index (κ2) is 9.24. The van der Waals surface area contributed by atoms with Gasteiger partial charge in [-0.25, -0.2) is 4.79 Å². The fourth-order valence-corrected chi connectivity index (χ4v) is 3.29. The minimum Gasteiger partial charge on any atom is -0.338 e. The summed E-state index contributed by atoms with van der Waals surface area (Å²) in [4.78, 5) is 12.3. The number of benzene rings is 3. The molecule has 0 heterocycles. The molecule has 0 saturated carbocycles. The zero-order valence-corrected chi connectivity index (χ0v) is 16.0. The lowest BCUT2D eigenvalue weighted by Gasteiger charge is -2.19. The first-order valence-electron chi connectivity index (χ1n) is 9.04. The number of hydrogen-bond acceptors (Lipinski definition) is 1. The first-order valence-corrected chi connectivity index (χ1v) is 9.42. The van der Waals surface area contributed by atoms with Crippen molar-refractivity contribution in [2.24, 2.45) is 0 Å². The average molecular weight is 379 g/mol. The van der Waals surface area contributed by atoms with Gasteiger partial charge in [0, 0.05) is 23.2 Å². The van der Waals surface area contributed by atoms with Crippen LogP contribution >= 0.6 is 11.6 Å². The van der Waals surface area contributed by atoms with Crippen LogP contribution in [0.2, 0.25) is 5.02 Å². The van der Waals surface area contributed by atoms with E-state index in [4.69, 9.17) is 11.6 Å². The predicted octanol–water partition coefficient (Wildman–Crippen LogP) is 5.99. The molecule has 0 unspecified atom stereocenters. The van der Waals surface area contributed by atoms with Gasteiger partial charge >= 0.3 is 6.03 Å². The molecule has 0 atom stereocenters. The molecule has 138 valence electrons. The molecular formula is C23H23ClN2O. The lowest BCUT2D eigenvalue weighted by molar-refractivity contribution is 0.252. The van der Waals surface area contributed by atoms with Crippen LogP contribution in [0.15, 0.2) is 78.9 Å². The zero-order chi connectivity index (χ0) is 19.1. The largest absolute Gasteiger partial charge is 0.338 e. The number of carbonyl (C=O) groups is 1. The first kappa shape index (κ1) is 19.0. The van der Waals surface area contributed by atoms with Crippen LogP contribution in [0.1, 0.15) is 29.0 Å². The van der Waals surface area contributed by atoms with Crippen molar-refractivity contribution in [3.8, 4) is 0 Å². The van der Waals surface area contributed by atoms with Crippen molar-refractivity contribution in [3.05, 3.63) is 101 Å². The topological polar surface area (TPSA) is 41.1 Å². The summed E-state index contributed by atoms with van der Waals surface area (Å²) in [6, 6.07) is 26.0. The molecule has 2 amide bonds. The summed E-state index contributed by atoms with van der Waals surface area (Å²) in [5.41, 5.74) is 4.19. The molecule has 3 nitrogen and oxygen atoms in total. The number of hydrogen-bond donors (Lipinski definition) is 2. The maximum Gasteiger partial charge on any atom is 0.319 e. The lowest BCUT2D eigenvalue weighted by Crippen LogP contribution is -2.30. The molecule has 27 heavy (non-hydrogen) atoms. The Morgan fingerprint density at radius 3 is 2.11 bits per heavy atom. The maximum absolute atomic E-state index is 12.3. The number of urea groups is 1. The molecule has 3 rings (SSSR count). The number of amides is 2. The molecule has 3 aromatic rings. The van der Waals surface area contributed by atoms with Gasteiger partial charge < -0.3 is 10.6 Å². The van der Waals surface area contributed by atoms with Crippen LogP contribution in [-0.4, -0.2) is 12.6 Å².